The van der Waals surface area contributed by atoms with E-state index in [1.165, 1.54) is 12.8 Å². The minimum atomic E-state index is -1.43. The number of halogens is 3. The fraction of sp³-hybridized carbons (Fsp3) is 0.538. The summed E-state index contributed by atoms with van der Waals surface area (Å²) in [6.07, 6.45) is 3.36. The van der Waals surface area contributed by atoms with Gasteiger partial charge in [0, 0.05) is 12.1 Å². The van der Waals surface area contributed by atoms with Crippen molar-refractivity contribution in [2.45, 2.75) is 37.5 Å². The van der Waals surface area contributed by atoms with E-state index in [0.29, 0.717) is 5.56 Å². The zero-order valence-electron chi connectivity index (χ0n) is 9.81. The van der Waals surface area contributed by atoms with Crippen LogP contribution in [0.25, 0.3) is 0 Å². The second kappa shape index (κ2) is 4.24. The molecule has 1 saturated heterocycles. The zero-order chi connectivity index (χ0) is 12.8. The number of hydrogen-bond donors (Lipinski definition) is 1. The van der Waals surface area contributed by atoms with E-state index in [4.69, 9.17) is 4.74 Å². The van der Waals surface area contributed by atoms with Gasteiger partial charge < -0.3 is 10.1 Å². The van der Waals surface area contributed by atoms with Gasteiger partial charge in [0.2, 0.25) is 0 Å². The third-order valence-electron chi connectivity index (χ3n) is 3.71. The Hall–Kier alpha value is -1.07. The van der Waals surface area contributed by atoms with Crippen LogP contribution < -0.4 is 5.32 Å². The second-order valence-electron chi connectivity index (χ2n) is 5.17. The van der Waals surface area contributed by atoms with Crippen molar-refractivity contribution in [1.82, 2.24) is 5.32 Å². The van der Waals surface area contributed by atoms with Crippen LogP contribution >= 0.6 is 0 Å². The van der Waals surface area contributed by atoms with Gasteiger partial charge in [0.1, 0.15) is 0 Å². The second-order valence-corrected chi connectivity index (χ2v) is 5.17. The molecule has 2 aliphatic rings. The number of nitrogens with one attached hydrogen (secondary N) is 1. The van der Waals surface area contributed by atoms with Crippen molar-refractivity contribution in [1.29, 1.82) is 0 Å². The largest absolute Gasteiger partial charge is 0.372 e. The van der Waals surface area contributed by atoms with Crippen LogP contribution in [0.5, 0.6) is 0 Å². The summed E-state index contributed by atoms with van der Waals surface area (Å²) in [6.45, 7) is 0.878. The van der Waals surface area contributed by atoms with Crippen molar-refractivity contribution in [3.63, 3.8) is 0 Å². The molecule has 2 nitrogen and oxygen atoms in total. The summed E-state index contributed by atoms with van der Waals surface area (Å²) in [5.41, 5.74) is 0.590. The number of ether oxygens (including phenoxy) is 1. The average molecular weight is 257 g/mol. The monoisotopic (exact) mass is 257 g/mol. The van der Waals surface area contributed by atoms with Crippen molar-refractivity contribution in [3.05, 3.63) is 35.1 Å². The molecule has 1 aliphatic heterocycles. The minimum Gasteiger partial charge on any atom is -0.372 e. The highest BCUT2D eigenvalue weighted by Gasteiger charge is 2.48. The molecular weight excluding hydrogens is 243 g/mol. The van der Waals surface area contributed by atoms with Crippen LogP contribution in [0.2, 0.25) is 0 Å². The summed E-state index contributed by atoms with van der Waals surface area (Å²) < 4.78 is 44.3. The molecule has 5 heteroatoms. The molecule has 1 aromatic rings. The number of benzene rings is 1. The first kappa shape index (κ1) is 12.0. The summed E-state index contributed by atoms with van der Waals surface area (Å²) in [6, 6.07) is 1.96. The van der Waals surface area contributed by atoms with Crippen LogP contribution in [0.4, 0.5) is 13.2 Å². The van der Waals surface area contributed by atoms with Crippen LogP contribution in [0.3, 0.4) is 0 Å². The molecule has 0 amide bonds. The van der Waals surface area contributed by atoms with E-state index in [2.05, 4.69) is 5.32 Å². The summed E-state index contributed by atoms with van der Waals surface area (Å²) >= 11 is 0. The first-order valence-electron chi connectivity index (χ1n) is 6.08. The maximum Gasteiger partial charge on any atom is 0.194 e. The van der Waals surface area contributed by atoms with Crippen LogP contribution in [0.15, 0.2) is 12.1 Å². The molecular formula is C13H14F3NO. The van der Waals surface area contributed by atoms with Crippen LogP contribution in [-0.4, -0.2) is 18.2 Å². The minimum absolute atomic E-state index is 0.0728. The van der Waals surface area contributed by atoms with E-state index in [0.717, 1.165) is 25.1 Å². The predicted octanol–water partition coefficient (Wildman–Crippen LogP) is 2.52. The van der Waals surface area contributed by atoms with E-state index in [1.54, 1.807) is 0 Å². The van der Waals surface area contributed by atoms with Crippen LogP contribution in [-0.2, 0) is 11.3 Å². The van der Waals surface area contributed by atoms with Gasteiger partial charge in [-0.25, -0.2) is 13.2 Å². The lowest BCUT2D eigenvalue weighted by Gasteiger charge is -2.11. The Balaban J connectivity index is 1.60. The summed E-state index contributed by atoms with van der Waals surface area (Å²) in [5, 5.41) is 3.39. The Bertz CT molecular complexity index is 450. The molecule has 1 unspecified atom stereocenters. The van der Waals surface area contributed by atoms with Gasteiger partial charge >= 0.3 is 0 Å². The van der Waals surface area contributed by atoms with Crippen molar-refractivity contribution in [3.8, 4) is 0 Å². The molecule has 18 heavy (non-hydrogen) atoms. The third-order valence-corrected chi connectivity index (χ3v) is 3.71. The van der Waals surface area contributed by atoms with Gasteiger partial charge in [-0.05, 0) is 37.0 Å². The smallest absolute Gasteiger partial charge is 0.194 e. The van der Waals surface area contributed by atoms with Crippen LogP contribution in [0.1, 0.15) is 24.8 Å². The quantitative estimate of drug-likeness (QED) is 0.840. The topological polar surface area (TPSA) is 21.3 Å². The Kier molecular flexibility index (Phi) is 2.83. The van der Waals surface area contributed by atoms with Crippen molar-refractivity contribution < 1.29 is 17.9 Å². The molecule has 1 aromatic carbocycles. The average Bonchev–Trinajstić information content (AvgIpc) is 2.96. The molecule has 3 rings (SSSR count). The molecule has 0 bridgehead atoms. The molecule has 1 N–H and O–H groups in total. The maximum absolute atomic E-state index is 13.0. The Morgan fingerprint density at radius 3 is 2.44 bits per heavy atom. The molecule has 2 fully saturated rings. The SMILES string of the molecule is Fc1cc(COC2CNC3(CC3)C2)cc(F)c1F. The van der Waals surface area contributed by atoms with Gasteiger partial charge in [-0.2, -0.15) is 0 Å². The van der Waals surface area contributed by atoms with Crippen molar-refractivity contribution in [2.75, 3.05) is 6.54 Å². The normalized spacial score (nSPS) is 24.7. The van der Waals surface area contributed by atoms with E-state index in [1.807, 2.05) is 0 Å². The van der Waals surface area contributed by atoms with E-state index in [-0.39, 0.29) is 18.2 Å². The molecule has 0 aromatic heterocycles. The molecule has 1 saturated carbocycles. The Morgan fingerprint density at radius 1 is 1.22 bits per heavy atom. The molecule has 1 spiro atoms. The molecule has 1 atom stereocenters. The van der Waals surface area contributed by atoms with Gasteiger partial charge in [-0.3, -0.25) is 0 Å². The number of rotatable bonds is 3. The van der Waals surface area contributed by atoms with Crippen LogP contribution in [0, 0.1) is 17.5 Å². The third kappa shape index (κ3) is 2.24. The van der Waals surface area contributed by atoms with E-state index in [9.17, 15) is 13.2 Å². The molecule has 98 valence electrons. The lowest BCUT2D eigenvalue weighted by Crippen LogP contribution is -2.22. The van der Waals surface area contributed by atoms with Crippen molar-refractivity contribution in [2.24, 2.45) is 0 Å². The Morgan fingerprint density at radius 2 is 1.89 bits per heavy atom. The Labute approximate surface area is 103 Å². The first-order valence-corrected chi connectivity index (χ1v) is 6.08. The highest BCUT2D eigenvalue weighted by Crippen LogP contribution is 2.43. The standard InChI is InChI=1S/C13H14F3NO/c14-10-3-8(4-11(15)12(10)16)7-18-9-5-13(1-2-13)17-6-9/h3-4,9,17H,1-2,5-7H2. The van der Waals surface area contributed by atoms with Gasteiger partial charge in [0.15, 0.2) is 17.5 Å². The lowest BCUT2D eigenvalue weighted by atomic mass is 10.2. The van der Waals surface area contributed by atoms with Gasteiger partial charge in [-0.1, -0.05) is 0 Å². The predicted molar refractivity (Wildman–Crippen MR) is 59.5 cm³/mol. The highest BCUT2D eigenvalue weighted by molar-refractivity contribution is 5.19. The first-order chi connectivity index (χ1) is 8.58. The maximum atomic E-state index is 13.0. The van der Waals surface area contributed by atoms with Gasteiger partial charge in [0.25, 0.3) is 0 Å². The fourth-order valence-corrected chi connectivity index (χ4v) is 2.47. The molecule has 0 radical (unpaired) electrons. The van der Waals surface area contributed by atoms with E-state index < -0.39 is 17.5 Å². The van der Waals surface area contributed by atoms with Gasteiger partial charge in [-0.15, -0.1) is 0 Å². The number of hydrogen-bond acceptors (Lipinski definition) is 2. The fourth-order valence-electron chi connectivity index (χ4n) is 2.47. The molecule has 1 heterocycles. The summed E-state index contributed by atoms with van der Waals surface area (Å²) in [4.78, 5) is 0. The summed E-state index contributed by atoms with van der Waals surface area (Å²) in [7, 11) is 0. The van der Waals surface area contributed by atoms with Gasteiger partial charge in [0.05, 0.1) is 12.7 Å². The highest BCUT2D eigenvalue weighted by atomic mass is 19.2. The lowest BCUT2D eigenvalue weighted by molar-refractivity contribution is 0.0517. The zero-order valence-corrected chi connectivity index (χ0v) is 9.81. The van der Waals surface area contributed by atoms with Crippen molar-refractivity contribution >= 4 is 0 Å². The molecule has 1 aliphatic carbocycles. The van der Waals surface area contributed by atoms with E-state index >= 15 is 0 Å². The summed E-state index contributed by atoms with van der Waals surface area (Å²) in [5.74, 6) is -3.77.